The smallest absolute Gasteiger partial charge is 0.269 e. The number of ether oxygens (including phenoxy) is 1. The van der Waals surface area contributed by atoms with Gasteiger partial charge in [-0.2, -0.15) is 0 Å². The van der Waals surface area contributed by atoms with Gasteiger partial charge in [0.25, 0.3) is 5.91 Å². The average molecular weight is 462 g/mol. The van der Waals surface area contributed by atoms with E-state index in [4.69, 9.17) is 28.6 Å². The molecule has 3 rings (SSSR count). The standard InChI is InChI=1S/C21H20ClN3O3S2/c1-23-17(26)10-5-12-3-6-13(7-4-12)24-21(29)25-20(27)19-18(22)15-9-8-14(28-2)11-16(15)30-19/h3-4,6-9,11H,5,10H2,1-2H3,(H,23,26)(H2,24,25,27,29). The van der Waals surface area contributed by atoms with E-state index in [1.807, 2.05) is 36.4 Å². The first-order valence-electron chi connectivity index (χ1n) is 9.09. The van der Waals surface area contributed by atoms with Gasteiger partial charge in [0, 0.05) is 29.2 Å². The zero-order chi connectivity index (χ0) is 21.7. The van der Waals surface area contributed by atoms with E-state index in [2.05, 4.69) is 16.0 Å². The lowest BCUT2D eigenvalue weighted by molar-refractivity contribution is -0.120. The molecule has 2 amide bonds. The van der Waals surface area contributed by atoms with Gasteiger partial charge < -0.3 is 15.4 Å². The number of carbonyl (C=O) groups excluding carboxylic acids is 2. The zero-order valence-electron chi connectivity index (χ0n) is 16.4. The van der Waals surface area contributed by atoms with E-state index in [9.17, 15) is 9.59 Å². The third kappa shape index (κ3) is 5.27. The number of thiocarbonyl (C=S) groups is 1. The highest BCUT2D eigenvalue weighted by molar-refractivity contribution is 7.80. The number of halogens is 1. The maximum atomic E-state index is 12.6. The quantitative estimate of drug-likeness (QED) is 0.475. The molecule has 0 unspecified atom stereocenters. The lowest BCUT2D eigenvalue weighted by atomic mass is 10.1. The Morgan fingerprint density at radius 2 is 1.90 bits per heavy atom. The van der Waals surface area contributed by atoms with Crippen LogP contribution in [0.3, 0.4) is 0 Å². The maximum absolute atomic E-state index is 12.6. The van der Waals surface area contributed by atoms with Crippen LogP contribution in [0, 0.1) is 0 Å². The molecule has 0 atom stereocenters. The van der Waals surface area contributed by atoms with Gasteiger partial charge in [0.15, 0.2) is 5.11 Å². The highest BCUT2D eigenvalue weighted by Crippen LogP contribution is 2.37. The number of benzene rings is 2. The molecule has 0 aliphatic rings. The molecule has 0 saturated carbocycles. The summed E-state index contributed by atoms with van der Waals surface area (Å²) in [6.45, 7) is 0. The molecule has 0 radical (unpaired) electrons. The van der Waals surface area contributed by atoms with Crippen molar-refractivity contribution in [3.05, 3.63) is 57.9 Å². The number of fused-ring (bicyclic) bond motifs is 1. The van der Waals surface area contributed by atoms with Crippen molar-refractivity contribution in [3.8, 4) is 5.75 Å². The van der Waals surface area contributed by atoms with Gasteiger partial charge in [0.2, 0.25) is 5.91 Å². The molecule has 0 fully saturated rings. The number of hydrogen-bond acceptors (Lipinski definition) is 5. The number of aryl methyl sites for hydroxylation is 1. The van der Waals surface area contributed by atoms with Gasteiger partial charge in [-0.1, -0.05) is 23.7 Å². The largest absolute Gasteiger partial charge is 0.497 e. The van der Waals surface area contributed by atoms with Crippen LogP contribution in [0.2, 0.25) is 5.02 Å². The lowest BCUT2D eigenvalue weighted by Crippen LogP contribution is -2.33. The summed E-state index contributed by atoms with van der Waals surface area (Å²) in [5.74, 6) is 0.322. The number of anilines is 1. The summed E-state index contributed by atoms with van der Waals surface area (Å²) in [4.78, 5) is 24.4. The number of carbonyl (C=O) groups is 2. The third-order valence-electron chi connectivity index (χ3n) is 4.40. The Kier molecular flexibility index (Phi) is 7.25. The molecule has 1 aromatic heterocycles. The van der Waals surface area contributed by atoms with Crippen LogP contribution in [0.4, 0.5) is 5.69 Å². The molecule has 2 aromatic carbocycles. The van der Waals surface area contributed by atoms with Crippen LogP contribution in [0.15, 0.2) is 42.5 Å². The first-order valence-corrected chi connectivity index (χ1v) is 10.7. The first-order chi connectivity index (χ1) is 14.4. The van der Waals surface area contributed by atoms with E-state index in [-0.39, 0.29) is 16.9 Å². The molecule has 0 spiro atoms. The highest BCUT2D eigenvalue weighted by atomic mass is 35.5. The van der Waals surface area contributed by atoms with Gasteiger partial charge in [-0.25, -0.2) is 0 Å². The van der Waals surface area contributed by atoms with Crippen molar-refractivity contribution < 1.29 is 14.3 Å². The Bertz CT molecular complexity index is 1100. The fourth-order valence-electron chi connectivity index (χ4n) is 2.78. The minimum absolute atomic E-state index is 0.000524. The summed E-state index contributed by atoms with van der Waals surface area (Å²) in [6.07, 6.45) is 1.08. The van der Waals surface area contributed by atoms with Crippen LogP contribution in [-0.4, -0.2) is 31.1 Å². The molecule has 9 heteroatoms. The molecule has 0 aliphatic heterocycles. The topological polar surface area (TPSA) is 79.5 Å². The molecular weight excluding hydrogens is 442 g/mol. The number of amides is 2. The second kappa shape index (κ2) is 9.88. The van der Waals surface area contributed by atoms with Crippen molar-refractivity contribution in [2.75, 3.05) is 19.5 Å². The van der Waals surface area contributed by atoms with Crippen LogP contribution in [-0.2, 0) is 11.2 Å². The van der Waals surface area contributed by atoms with E-state index in [0.29, 0.717) is 28.5 Å². The van der Waals surface area contributed by atoms with Crippen molar-refractivity contribution in [1.29, 1.82) is 0 Å². The Labute approximate surface area is 188 Å². The average Bonchev–Trinajstić information content (AvgIpc) is 3.08. The molecule has 0 bridgehead atoms. The molecule has 156 valence electrons. The van der Waals surface area contributed by atoms with Gasteiger partial charge in [0.05, 0.1) is 12.1 Å². The molecule has 0 saturated heterocycles. The van der Waals surface area contributed by atoms with Gasteiger partial charge in [0.1, 0.15) is 10.6 Å². The van der Waals surface area contributed by atoms with Gasteiger partial charge in [-0.05, 0) is 54.5 Å². The molecule has 1 heterocycles. The van der Waals surface area contributed by atoms with Crippen LogP contribution in [0.1, 0.15) is 21.7 Å². The Balaban J connectivity index is 1.62. The monoisotopic (exact) mass is 461 g/mol. The molecule has 3 aromatic rings. The van der Waals surface area contributed by atoms with Gasteiger partial charge in [-0.15, -0.1) is 11.3 Å². The van der Waals surface area contributed by atoms with E-state index < -0.39 is 0 Å². The van der Waals surface area contributed by atoms with Crippen LogP contribution in [0.5, 0.6) is 5.75 Å². The second-order valence-corrected chi connectivity index (χ2v) is 8.22. The molecule has 6 nitrogen and oxygen atoms in total. The summed E-state index contributed by atoms with van der Waals surface area (Å²) in [5, 5.41) is 9.59. The van der Waals surface area contributed by atoms with E-state index in [1.165, 1.54) is 11.3 Å². The van der Waals surface area contributed by atoms with Gasteiger partial charge in [-0.3, -0.25) is 14.9 Å². The summed E-state index contributed by atoms with van der Waals surface area (Å²) >= 11 is 12.9. The van der Waals surface area contributed by atoms with Crippen LogP contribution >= 0.6 is 35.2 Å². The normalized spacial score (nSPS) is 10.5. The highest BCUT2D eigenvalue weighted by Gasteiger charge is 2.18. The third-order valence-corrected chi connectivity index (χ3v) is 6.26. The zero-order valence-corrected chi connectivity index (χ0v) is 18.8. The van der Waals surface area contributed by atoms with E-state index in [0.717, 1.165) is 21.3 Å². The predicted molar refractivity (Wildman–Crippen MR) is 126 cm³/mol. The lowest BCUT2D eigenvalue weighted by Gasteiger charge is -2.10. The van der Waals surface area contributed by atoms with Crippen molar-refractivity contribution in [2.45, 2.75) is 12.8 Å². The maximum Gasteiger partial charge on any atom is 0.269 e. The summed E-state index contributed by atoms with van der Waals surface area (Å²) < 4.78 is 6.07. The molecule has 3 N–H and O–H groups in total. The molecule has 30 heavy (non-hydrogen) atoms. The van der Waals surface area contributed by atoms with Crippen molar-refractivity contribution >= 4 is 67.9 Å². The number of methoxy groups -OCH3 is 1. The number of thiophene rings is 1. The second-order valence-electron chi connectivity index (χ2n) is 6.39. The Morgan fingerprint density at radius 3 is 2.57 bits per heavy atom. The summed E-state index contributed by atoms with van der Waals surface area (Å²) in [6, 6.07) is 13.0. The van der Waals surface area contributed by atoms with Crippen molar-refractivity contribution in [2.24, 2.45) is 0 Å². The Hall–Kier alpha value is -2.68. The van der Waals surface area contributed by atoms with Crippen LogP contribution < -0.4 is 20.7 Å². The molecular formula is C21H20ClN3O3S2. The fourth-order valence-corrected chi connectivity index (χ4v) is 4.43. The van der Waals surface area contributed by atoms with E-state index in [1.54, 1.807) is 20.2 Å². The van der Waals surface area contributed by atoms with Crippen LogP contribution in [0.25, 0.3) is 10.1 Å². The summed E-state index contributed by atoms with van der Waals surface area (Å²) in [7, 11) is 3.20. The Morgan fingerprint density at radius 1 is 1.17 bits per heavy atom. The van der Waals surface area contributed by atoms with Crippen molar-refractivity contribution in [1.82, 2.24) is 10.6 Å². The summed E-state index contributed by atoms with van der Waals surface area (Å²) in [5.41, 5.74) is 1.77. The van der Waals surface area contributed by atoms with Gasteiger partial charge >= 0.3 is 0 Å². The van der Waals surface area contributed by atoms with Crippen molar-refractivity contribution in [3.63, 3.8) is 0 Å². The number of nitrogens with one attached hydrogen (secondary N) is 3. The predicted octanol–water partition coefficient (Wildman–Crippen LogP) is 4.37. The van der Waals surface area contributed by atoms with E-state index >= 15 is 0 Å². The first kappa shape index (κ1) is 22.0. The number of rotatable bonds is 6. The fraction of sp³-hybridized carbons (Fsp3) is 0.190. The minimum Gasteiger partial charge on any atom is -0.497 e. The minimum atomic E-state index is -0.375. The molecule has 0 aliphatic carbocycles. The SMILES string of the molecule is CNC(=O)CCc1ccc(NC(=S)NC(=O)c2sc3cc(OC)ccc3c2Cl)cc1. The number of hydrogen-bond donors (Lipinski definition) is 3.